The monoisotopic (exact) mass is 185 g/mol. The predicted octanol–water partition coefficient (Wildman–Crippen LogP) is 0.417. The summed E-state index contributed by atoms with van der Waals surface area (Å²) in [7, 11) is 0. The molecule has 0 rings (SSSR count). The Bertz CT molecular complexity index is 210. The lowest BCUT2D eigenvalue weighted by atomic mass is 9.98. The van der Waals surface area contributed by atoms with Crippen LogP contribution in [0.3, 0.4) is 0 Å². The topological polar surface area (TPSA) is 74.6 Å². The average molecular weight is 185 g/mol. The van der Waals surface area contributed by atoms with Crippen LogP contribution in [0.25, 0.3) is 0 Å². The van der Waals surface area contributed by atoms with Crippen LogP contribution in [-0.2, 0) is 9.59 Å². The number of rotatable bonds is 6. The summed E-state index contributed by atoms with van der Waals surface area (Å²) in [6.45, 7) is 6.71. The first-order valence-corrected chi connectivity index (χ1v) is 3.86. The Morgan fingerprint density at radius 3 is 2.38 bits per heavy atom. The molecule has 0 fully saturated rings. The molecule has 0 heterocycles. The molecular weight excluding hydrogens is 172 g/mol. The maximum Gasteiger partial charge on any atom is 0.303 e. The summed E-state index contributed by atoms with van der Waals surface area (Å²) >= 11 is 0. The van der Waals surface area contributed by atoms with Gasteiger partial charge in [0.1, 0.15) is 6.10 Å². The van der Waals surface area contributed by atoms with Gasteiger partial charge in [-0.3, -0.25) is 9.59 Å². The van der Waals surface area contributed by atoms with Crippen molar-refractivity contribution in [3.63, 3.8) is 0 Å². The molecule has 73 valence electrons. The molecule has 4 heteroatoms. The maximum atomic E-state index is 10.8. The second-order valence-electron chi connectivity index (χ2n) is 2.82. The fourth-order valence-corrected chi connectivity index (χ4v) is 0.898. The number of ketones is 1. The van der Waals surface area contributed by atoms with Crippen molar-refractivity contribution >= 4 is 11.8 Å². The van der Waals surface area contributed by atoms with Crippen LogP contribution in [0.1, 0.15) is 12.8 Å². The van der Waals surface area contributed by atoms with E-state index in [2.05, 4.69) is 13.5 Å². The largest absolute Gasteiger partial charge is 0.481 e. The van der Waals surface area contributed by atoms with Gasteiger partial charge in [0.05, 0.1) is 0 Å². The number of carboxylic acids is 1. The van der Waals surface area contributed by atoms with E-state index >= 15 is 0 Å². The molecular formula is C9H13O4. The van der Waals surface area contributed by atoms with Crippen molar-refractivity contribution in [1.29, 1.82) is 0 Å². The number of aliphatic carboxylic acids is 1. The summed E-state index contributed by atoms with van der Waals surface area (Å²) in [4.78, 5) is 21.0. The van der Waals surface area contributed by atoms with Gasteiger partial charge in [-0.25, -0.2) is 0 Å². The van der Waals surface area contributed by atoms with E-state index in [9.17, 15) is 9.59 Å². The number of aliphatic hydroxyl groups excluding tert-OH is 1. The molecule has 2 unspecified atom stereocenters. The van der Waals surface area contributed by atoms with Gasteiger partial charge in [0.15, 0.2) is 5.78 Å². The maximum absolute atomic E-state index is 10.8. The van der Waals surface area contributed by atoms with Crippen LogP contribution in [0.4, 0.5) is 0 Å². The Kier molecular flexibility index (Phi) is 4.99. The van der Waals surface area contributed by atoms with Crippen LogP contribution in [0.15, 0.2) is 12.7 Å². The molecule has 0 saturated heterocycles. The van der Waals surface area contributed by atoms with E-state index in [0.29, 0.717) is 0 Å². The second-order valence-corrected chi connectivity index (χ2v) is 2.82. The third-order valence-corrected chi connectivity index (χ3v) is 1.55. The van der Waals surface area contributed by atoms with Gasteiger partial charge in [-0.1, -0.05) is 6.58 Å². The van der Waals surface area contributed by atoms with Gasteiger partial charge >= 0.3 is 5.97 Å². The minimum absolute atomic E-state index is 0.0527. The molecule has 0 aliphatic carbocycles. The van der Waals surface area contributed by atoms with Gasteiger partial charge in [0.25, 0.3) is 0 Å². The molecule has 4 nitrogen and oxygen atoms in total. The van der Waals surface area contributed by atoms with Gasteiger partial charge in [0.2, 0.25) is 0 Å². The number of hydrogen-bond donors (Lipinski definition) is 2. The Labute approximate surface area is 76.9 Å². The van der Waals surface area contributed by atoms with Crippen molar-refractivity contribution in [3.05, 3.63) is 19.6 Å². The summed E-state index contributed by atoms with van der Waals surface area (Å²) in [6.07, 6.45) is -0.268. The van der Waals surface area contributed by atoms with Gasteiger partial charge < -0.3 is 10.2 Å². The molecule has 0 aromatic heterocycles. The Morgan fingerprint density at radius 1 is 1.46 bits per heavy atom. The zero-order valence-corrected chi connectivity index (χ0v) is 7.27. The molecule has 0 saturated carbocycles. The normalized spacial score (nSPS) is 14.6. The van der Waals surface area contributed by atoms with Crippen LogP contribution >= 0.6 is 0 Å². The zero-order chi connectivity index (χ0) is 10.4. The molecule has 2 atom stereocenters. The van der Waals surface area contributed by atoms with E-state index in [1.807, 2.05) is 0 Å². The molecule has 0 amide bonds. The SMILES string of the molecule is [CH2]C(CC(=O)O)CC(O)C(=O)C=C. The number of carbonyl (C=O) groups excluding carboxylic acids is 1. The van der Waals surface area contributed by atoms with Crippen LogP contribution in [0, 0.1) is 12.8 Å². The summed E-state index contributed by atoms with van der Waals surface area (Å²) < 4.78 is 0. The number of carbonyl (C=O) groups is 2. The predicted molar refractivity (Wildman–Crippen MR) is 46.9 cm³/mol. The first-order valence-electron chi connectivity index (χ1n) is 3.86. The molecule has 0 aliphatic heterocycles. The Balaban J connectivity index is 3.90. The first kappa shape index (κ1) is 11.8. The van der Waals surface area contributed by atoms with Crippen LogP contribution in [-0.4, -0.2) is 28.1 Å². The summed E-state index contributed by atoms with van der Waals surface area (Å²) in [5.41, 5.74) is 0. The summed E-state index contributed by atoms with van der Waals surface area (Å²) in [5.74, 6) is -1.95. The van der Waals surface area contributed by atoms with Gasteiger partial charge in [-0.2, -0.15) is 0 Å². The standard InChI is InChI=1S/C9H13O4/c1-3-7(10)8(11)4-6(2)5-9(12)13/h3,6,8,11H,1-2,4-5H2,(H,12,13). The third-order valence-electron chi connectivity index (χ3n) is 1.55. The first-order chi connectivity index (χ1) is 5.97. The zero-order valence-electron chi connectivity index (χ0n) is 7.27. The summed E-state index contributed by atoms with van der Waals surface area (Å²) in [5, 5.41) is 17.5. The van der Waals surface area contributed by atoms with Crippen LogP contribution in [0.2, 0.25) is 0 Å². The molecule has 0 aromatic rings. The lowest BCUT2D eigenvalue weighted by Crippen LogP contribution is -2.22. The highest BCUT2D eigenvalue weighted by Gasteiger charge is 2.17. The fraction of sp³-hybridized carbons (Fsp3) is 0.444. The Hall–Kier alpha value is -1.16. The molecule has 0 aromatic carbocycles. The van der Waals surface area contributed by atoms with Crippen molar-refractivity contribution in [1.82, 2.24) is 0 Å². The minimum atomic E-state index is -1.18. The van der Waals surface area contributed by atoms with Crippen molar-refractivity contribution in [2.45, 2.75) is 18.9 Å². The van der Waals surface area contributed by atoms with E-state index in [1.54, 1.807) is 0 Å². The number of aliphatic hydroxyl groups is 1. The van der Waals surface area contributed by atoms with E-state index in [4.69, 9.17) is 10.2 Å². The average Bonchev–Trinajstić information content (AvgIpc) is 2.01. The van der Waals surface area contributed by atoms with E-state index < -0.39 is 23.8 Å². The van der Waals surface area contributed by atoms with E-state index in [-0.39, 0.29) is 12.8 Å². The molecule has 2 N–H and O–H groups in total. The second kappa shape index (κ2) is 5.48. The quantitative estimate of drug-likeness (QED) is 0.588. The minimum Gasteiger partial charge on any atom is -0.481 e. The molecule has 0 spiro atoms. The highest BCUT2D eigenvalue weighted by molar-refractivity contribution is 5.92. The van der Waals surface area contributed by atoms with Crippen molar-refractivity contribution < 1.29 is 19.8 Å². The lowest BCUT2D eigenvalue weighted by molar-refractivity contribution is -0.138. The molecule has 0 aliphatic rings. The van der Waals surface area contributed by atoms with Crippen molar-refractivity contribution in [2.75, 3.05) is 0 Å². The number of hydrogen-bond acceptors (Lipinski definition) is 3. The third kappa shape index (κ3) is 5.14. The lowest BCUT2D eigenvalue weighted by Gasteiger charge is -2.11. The molecule has 0 bridgehead atoms. The van der Waals surface area contributed by atoms with Crippen LogP contribution < -0.4 is 0 Å². The van der Waals surface area contributed by atoms with Gasteiger partial charge in [-0.05, 0) is 25.3 Å². The molecule has 1 radical (unpaired) electrons. The van der Waals surface area contributed by atoms with E-state index in [1.165, 1.54) is 0 Å². The fourth-order valence-electron chi connectivity index (χ4n) is 0.898. The van der Waals surface area contributed by atoms with E-state index in [0.717, 1.165) is 6.08 Å². The highest BCUT2D eigenvalue weighted by atomic mass is 16.4. The smallest absolute Gasteiger partial charge is 0.303 e. The van der Waals surface area contributed by atoms with Gasteiger partial charge in [-0.15, -0.1) is 0 Å². The number of carboxylic acid groups (broad SMARTS) is 1. The summed E-state index contributed by atoms with van der Waals surface area (Å²) in [6, 6.07) is 0. The van der Waals surface area contributed by atoms with Crippen molar-refractivity contribution in [3.8, 4) is 0 Å². The van der Waals surface area contributed by atoms with Crippen LogP contribution in [0.5, 0.6) is 0 Å². The Morgan fingerprint density at radius 2 is 2.00 bits per heavy atom. The van der Waals surface area contributed by atoms with Gasteiger partial charge in [0, 0.05) is 6.42 Å². The van der Waals surface area contributed by atoms with Crippen molar-refractivity contribution in [2.24, 2.45) is 5.92 Å². The molecule has 13 heavy (non-hydrogen) atoms. The highest BCUT2D eigenvalue weighted by Crippen LogP contribution is 2.10.